The van der Waals surface area contributed by atoms with Gasteiger partial charge in [-0.15, -0.1) is 0 Å². The van der Waals surface area contributed by atoms with E-state index in [9.17, 15) is 13.9 Å². The molecule has 1 N–H and O–H groups in total. The van der Waals surface area contributed by atoms with E-state index in [4.69, 9.17) is 0 Å². The maximum Gasteiger partial charge on any atom is 0.129 e. The molecule has 0 radical (unpaired) electrons. The second-order valence-electron chi connectivity index (χ2n) is 3.13. The van der Waals surface area contributed by atoms with Crippen molar-refractivity contribution < 1.29 is 13.9 Å². The second kappa shape index (κ2) is 4.08. The van der Waals surface area contributed by atoms with Gasteiger partial charge in [-0.2, -0.15) is 11.3 Å². The van der Waals surface area contributed by atoms with E-state index >= 15 is 0 Å². The zero-order valence-corrected chi connectivity index (χ0v) is 8.47. The van der Waals surface area contributed by atoms with Gasteiger partial charge < -0.3 is 5.11 Å². The van der Waals surface area contributed by atoms with Crippen molar-refractivity contribution in [3.63, 3.8) is 0 Å². The molecule has 1 aromatic carbocycles. The molecule has 1 aromatic heterocycles. The van der Waals surface area contributed by atoms with Gasteiger partial charge in [0.05, 0.1) is 0 Å². The Labute approximate surface area is 89.6 Å². The van der Waals surface area contributed by atoms with Crippen LogP contribution in [-0.2, 0) is 0 Å². The minimum absolute atomic E-state index is 0.0339. The molecule has 1 nitrogen and oxygen atoms in total. The van der Waals surface area contributed by atoms with E-state index < -0.39 is 17.7 Å². The fourth-order valence-electron chi connectivity index (χ4n) is 1.33. The maximum atomic E-state index is 13.3. The van der Waals surface area contributed by atoms with E-state index in [0.717, 1.165) is 18.2 Å². The number of aliphatic hydroxyl groups excluding tert-OH is 1. The third kappa shape index (κ3) is 2.06. The Kier molecular flexibility index (Phi) is 2.79. The Balaban J connectivity index is 2.41. The average molecular weight is 226 g/mol. The quantitative estimate of drug-likeness (QED) is 0.834. The van der Waals surface area contributed by atoms with Gasteiger partial charge in [-0.1, -0.05) is 0 Å². The number of aliphatic hydroxyl groups is 1. The molecule has 78 valence electrons. The van der Waals surface area contributed by atoms with Gasteiger partial charge in [-0.25, -0.2) is 8.78 Å². The number of thiophene rings is 1. The van der Waals surface area contributed by atoms with E-state index in [1.807, 2.05) is 0 Å². The summed E-state index contributed by atoms with van der Waals surface area (Å²) in [4.78, 5) is 0. The molecule has 0 aliphatic heterocycles. The molecular formula is C11H8F2OS. The number of benzene rings is 1. The van der Waals surface area contributed by atoms with Gasteiger partial charge in [0.1, 0.15) is 17.7 Å². The molecule has 1 unspecified atom stereocenters. The summed E-state index contributed by atoms with van der Waals surface area (Å²) in [5, 5.41) is 13.3. The minimum atomic E-state index is -1.10. The zero-order valence-electron chi connectivity index (χ0n) is 7.65. The highest BCUT2D eigenvalue weighted by molar-refractivity contribution is 7.07. The van der Waals surface area contributed by atoms with Crippen LogP contribution in [-0.4, -0.2) is 5.11 Å². The van der Waals surface area contributed by atoms with Crippen molar-refractivity contribution in [3.05, 3.63) is 57.8 Å². The first kappa shape index (κ1) is 10.3. The van der Waals surface area contributed by atoms with Crippen LogP contribution in [0.4, 0.5) is 8.78 Å². The van der Waals surface area contributed by atoms with Gasteiger partial charge in [0, 0.05) is 5.56 Å². The number of halogens is 2. The molecule has 0 saturated carbocycles. The van der Waals surface area contributed by atoms with E-state index in [0.29, 0.717) is 5.56 Å². The van der Waals surface area contributed by atoms with E-state index in [2.05, 4.69) is 0 Å². The van der Waals surface area contributed by atoms with Crippen LogP contribution in [0.2, 0.25) is 0 Å². The van der Waals surface area contributed by atoms with Crippen LogP contribution in [0.3, 0.4) is 0 Å². The molecule has 0 spiro atoms. The monoisotopic (exact) mass is 226 g/mol. The average Bonchev–Trinajstić information content (AvgIpc) is 2.74. The van der Waals surface area contributed by atoms with Gasteiger partial charge in [0.25, 0.3) is 0 Å². The highest BCUT2D eigenvalue weighted by atomic mass is 32.1. The van der Waals surface area contributed by atoms with Crippen LogP contribution in [0.25, 0.3) is 0 Å². The Hall–Kier alpha value is -1.26. The summed E-state index contributed by atoms with van der Waals surface area (Å²) in [6, 6.07) is 4.73. The predicted molar refractivity (Wildman–Crippen MR) is 54.7 cm³/mol. The van der Waals surface area contributed by atoms with Gasteiger partial charge in [-0.3, -0.25) is 0 Å². The Morgan fingerprint density at radius 2 is 2.00 bits per heavy atom. The van der Waals surface area contributed by atoms with E-state index in [-0.39, 0.29) is 5.56 Å². The standard InChI is InChI=1S/C11H8F2OS/c12-8-1-2-10(13)9(5-8)11(14)7-3-4-15-6-7/h1-6,11,14H. The minimum Gasteiger partial charge on any atom is -0.384 e. The van der Waals surface area contributed by atoms with Crippen molar-refractivity contribution in [1.29, 1.82) is 0 Å². The van der Waals surface area contributed by atoms with Gasteiger partial charge in [0.15, 0.2) is 0 Å². The number of hydrogen-bond acceptors (Lipinski definition) is 2. The van der Waals surface area contributed by atoms with Crippen LogP contribution in [0.1, 0.15) is 17.2 Å². The largest absolute Gasteiger partial charge is 0.384 e. The summed E-state index contributed by atoms with van der Waals surface area (Å²) in [7, 11) is 0. The molecule has 0 bridgehead atoms. The maximum absolute atomic E-state index is 13.3. The summed E-state index contributed by atoms with van der Waals surface area (Å²) in [5.41, 5.74) is 0.540. The summed E-state index contributed by atoms with van der Waals surface area (Å²) < 4.78 is 26.2. The highest BCUT2D eigenvalue weighted by Crippen LogP contribution is 2.26. The van der Waals surface area contributed by atoms with Gasteiger partial charge >= 0.3 is 0 Å². The number of hydrogen-bond donors (Lipinski definition) is 1. The van der Waals surface area contributed by atoms with Crippen molar-refractivity contribution in [2.24, 2.45) is 0 Å². The Bertz CT molecular complexity index is 454. The molecule has 4 heteroatoms. The second-order valence-corrected chi connectivity index (χ2v) is 3.91. The molecule has 15 heavy (non-hydrogen) atoms. The molecule has 0 aliphatic carbocycles. The fourth-order valence-corrected chi connectivity index (χ4v) is 2.01. The van der Waals surface area contributed by atoms with Crippen molar-refractivity contribution in [1.82, 2.24) is 0 Å². The lowest BCUT2D eigenvalue weighted by Gasteiger charge is -2.10. The lowest BCUT2D eigenvalue weighted by molar-refractivity contribution is 0.215. The first-order chi connectivity index (χ1) is 7.18. The third-order valence-electron chi connectivity index (χ3n) is 2.11. The van der Waals surface area contributed by atoms with Crippen LogP contribution in [0.15, 0.2) is 35.0 Å². The lowest BCUT2D eigenvalue weighted by Crippen LogP contribution is -2.01. The zero-order chi connectivity index (χ0) is 10.8. The topological polar surface area (TPSA) is 20.2 Å². The Morgan fingerprint density at radius 1 is 1.20 bits per heavy atom. The van der Waals surface area contributed by atoms with Gasteiger partial charge in [0.2, 0.25) is 0 Å². The molecule has 2 rings (SSSR count). The van der Waals surface area contributed by atoms with E-state index in [1.165, 1.54) is 11.3 Å². The Morgan fingerprint density at radius 3 is 2.67 bits per heavy atom. The smallest absolute Gasteiger partial charge is 0.129 e. The van der Waals surface area contributed by atoms with Crippen LogP contribution in [0, 0.1) is 11.6 Å². The lowest BCUT2D eigenvalue weighted by atomic mass is 10.0. The molecule has 1 heterocycles. The summed E-state index contributed by atoms with van der Waals surface area (Å²) in [6.45, 7) is 0. The van der Waals surface area contributed by atoms with Crippen molar-refractivity contribution in [3.8, 4) is 0 Å². The van der Waals surface area contributed by atoms with E-state index in [1.54, 1.807) is 16.8 Å². The third-order valence-corrected chi connectivity index (χ3v) is 2.81. The molecule has 0 amide bonds. The van der Waals surface area contributed by atoms with Crippen LogP contribution < -0.4 is 0 Å². The summed E-state index contributed by atoms with van der Waals surface area (Å²) in [6.07, 6.45) is -1.10. The molecule has 2 aromatic rings. The molecule has 0 fully saturated rings. The van der Waals surface area contributed by atoms with Crippen molar-refractivity contribution >= 4 is 11.3 Å². The van der Waals surface area contributed by atoms with Crippen LogP contribution >= 0.6 is 11.3 Å². The SMILES string of the molecule is OC(c1ccsc1)c1cc(F)ccc1F. The highest BCUT2D eigenvalue weighted by Gasteiger charge is 2.15. The molecule has 1 atom stereocenters. The molecule has 0 aliphatic rings. The normalized spacial score (nSPS) is 12.7. The summed E-state index contributed by atoms with van der Waals surface area (Å²) in [5.74, 6) is -1.16. The molecule has 0 saturated heterocycles. The first-order valence-corrected chi connectivity index (χ1v) is 5.28. The summed E-state index contributed by atoms with van der Waals surface area (Å²) >= 11 is 1.40. The van der Waals surface area contributed by atoms with Gasteiger partial charge in [-0.05, 0) is 40.6 Å². The van der Waals surface area contributed by atoms with Crippen molar-refractivity contribution in [2.75, 3.05) is 0 Å². The van der Waals surface area contributed by atoms with Crippen molar-refractivity contribution in [2.45, 2.75) is 6.10 Å². The molecular weight excluding hydrogens is 218 g/mol. The number of rotatable bonds is 2. The first-order valence-electron chi connectivity index (χ1n) is 4.33. The predicted octanol–water partition coefficient (Wildman–Crippen LogP) is 3.11. The van der Waals surface area contributed by atoms with Crippen LogP contribution in [0.5, 0.6) is 0 Å². The fraction of sp³-hybridized carbons (Fsp3) is 0.0909.